The minimum absolute atomic E-state index is 0.195. The van der Waals surface area contributed by atoms with Crippen LogP contribution < -0.4 is 15.8 Å². The molecule has 3 nitrogen and oxygen atoms in total. The van der Waals surface area contributed by atoms with Gasteiger partial charge in [0, 0.05) is 17.1 Å². The molecule has 0 saturated carbocycles. The smallest absolute Gasteiger partial charge is 0.119 e. The maximum atomic E-state index is 5.64. The second kappa shape index (κ2) is 5.45. The molecule has 0 saturated heterocycles. The van der Waals surface area contributed by atoms with Crippen molar-refractivity contribution in [1.82, 2.24) is 0 Å². The van der Waals surface area contributed by atoms with Crippen LogP contribution in [0.4, 0.5) is 17.1 Å². The number of nitrogen functional groups attached to an aromatic ring is 1. The summed E-state index contributed by atoms with van der Waals surface area (Å²) < 4.78 is 5.59. The van der Waals surface area contributed by atoms with Crippen molar-refractivity contribution in [3.05, 3.63) is 48.5 Å². The fraction of sp³-hybridized carbons (Fsp3) is 0.200. The zero-order valence-corrected chi connectivity index (χ0v) is 10.7. The molecule has 0 fully saturated rings. The summed E-state index contributed by atoms with van der Waals surface area (Å²) in [5.74, 6) is 0.882. The van der Waals surface area contributed by atoms with E-state index in [0.29, 0.717) is 0 Å². The van der Waals surface area contributed by atoms with Gasteiger partial charge in [0.25, 0.3) is 0 Å². The molecule has 0 aliphatic carbocycles. The van der Waals surface area contributed by atoms with Crippen LogP contribution in [-0.4, -0.2) is 6.10 Å². The zero-order chi connectivity index (χ0) is 13.0. The molecule has 94 valence electrons. The quantitative estimate of drug-likeness (QED) is 0.802. The number of hydrogen-bond acceptors (Lipinski definition) is 3. The summed E-state index contributed by atoms with van der Waals surface area (Å²) in [6.45, 7) is 4.03. The van der Waals surface area contributed by atoms with Gasteiger partial charge in [0.15, 0.2) is 0 Å². The average Bonchev–Trinajstić information content (AvgIpc) is 2.34. The van der Waals surface area contributed by atoms with Gasteiger partial charge >= 0.3 is 0 Å². The Labute approximate surface area is 108 Å². The van der Waals surface area contributed by atoms with Crippen LogP contribution in [0.1, 0.15) is 13.8 Å². The largest absolute Gasteiger partial charge is 0.491 e. The van der Waals surface area contributed by atoms with Gasteiger partial charge in [-0.05, 0) is 62.4 Å². The summed E-state index contributed by atoms with van der Waals surface area (Å²) in [5.41, 5.74) is 8.45. The molecule has 0 atom stereocenters. The molecule has 2 aromatic carbocycles. The van der Waals surface area contributed by atoms with Crippen LogP contribution in [-0.2, 0) is 0 Å². The van der Waals surface area contributed by atoms with Gasteiger partial charge in [0.2, 0.25) is 0 Å². The van der Waals surface area contributed by atoms with E-state index in [2.05, 4.69) is 5.32 Å². The van der Waals surface area contributed by atoms with Crippen LogP contribution in [0, 0.1) is 0 Å². The molecular weight excluding hydrogens is 224 g/mol. The van der Waals surface area contributed by atoms with E-state index >= 15 is 0 Å². The topological polar surface area (TPSA) is 47.3 Å². The number of nitrogens with two attached hydrogens (primary N) is 1. The lowest BCUT2D eigenvalue weighted by Gasteiger charge is -2.11. The first-order valence-corrected chi connectivity index (χ1v) is 6.03. The van der Waals surface area contributed by atoms with Crippen LogP contribution in [0.25, 0.3) is 0 Å². The number of benzene rings is 2. The Morgan fingerprint density at radius 1 is 0.889 bits per heavy atom. The summed E-state index contributed by atoms with van der Waals surface area (Å²) >= 11 is 0. The zero-order valence-electron chi connectivity index (χ0n) is 10.7. The fourth-order valence-corrected chi connectivity index (χ4v) is 1.62. The maximum absolute atomic E-state index is 5.64. The summed E-state index contributed by atoms with van der Waals surface area (Å²) in [6.07, 6.45) is 0.195. The average molecular weight is 242 g/mol. The van der Waals surface area contributed by atoms with E-state index in [9.17, 15) is 0 Å². The molecule has 0 aliphatic rings. The summed E-state index contributed by atoms with van der Waals surface area (Å²) in [7, 11) is 0. The Balaban J connectivity index is 2.04. The van der Waals surface area contributed by atoms with Crippen molar-refractivity contribution >= 4 is 17.1 Å². The van der Waals surface area contributed by atoms with Crippen molar-refractivity contribution in [2.24, 2.45) is 0 Å². The third kappa shape index (κ3) is 3.42. The number of ether oxygens (including phenoxy) is 1. The van der Waals surface area contributed by atoms with Gasteiger partial charge in [-0.25, -0.2) is 0 Å². The molecular formula is C15H18N2O. The Hall–Kier alpha value is -2.16. The number of nitrogens with one attached hydrogen (secondary N) is 1. The van der Waals surface area contributed by atoms with Crippen molar-refractivity contribution in [1.29, 1.82) is 0 Å². The van der Waals surface area contributed by atoms with Gasteiger partial charge < -0.3 is 15.8 Å². The molecule has 0 spiro atoms. The van der Waals surface area contributed by atoms with E-state index in [1.165, 1.54) is 0 Å². The molecule has 3 heteroatoms. The van der Waals surface area contributed by atoms with Crippen molar-refractivity contribution in [3.8, 4) is 5.75 Å². The molecule has 0 aliphatic heterocycles. The van der Waals surface area contributed by atoms with E-state index in [-0.39, 0.29) is 6.10 Å². The van der Waals surface area contributed by atoms with Crippen molar-refractivity contribution < 1.29 is 4.74 Å². The summed E-state index contributed by atoms with van der Waals surface area (Å²) in [4.78, 5) is 0. The van der Waals surface area contributed by atoms with Gasteiger partial charge in [-0.2, -0.15) is 0 Å². The van der Waals surface area contributed by atoms with Gasteiger partial charge in [0.05, 0.1) is 6.10 Å². The standard InChI is InChI=1S/C15H18N2O/c1-11(2)18-15-9-7-14(8-10-15)17-13-5-3-12(16)4-6-13/h3-11,17H,16H2,1-2H3. The highest BCUT2D eigenvalue weighted by atomic mass is 16.5. The summed E-state index contributed by atoms with van der Waals surface area (Å²) in [6, 6.07) is 15.6. The van der Waals surface area contributed by atoms with Crippen molar-refractivity contribution in [2.45, 2.75) is 20.0 Å². The second-order valence-corrected chi connectivity index (χ2v) is 4.44. The first-order valence-electron chi connectivity index (χ1n) is 6.03. The second-order valence-electron chi connectivity index (χ2n) is 4.44. The predicted octanol–water partition coefficient (Wildman–Crippen LogP) is 3.80. The first kappa shape index (κ1) is 12.3. The Morgan fingerprint density at radius 3 is 1.89 bits per heavy atom. The minimum atomic E-state index is 0.195. The normalized spacial score (nSPS) is 10.4. The van der Waals surface area contributed by atoms with E-state index < -0.39 is 0 Å². The number of rotatable bonds is 4. The fourth-order valence-electron chi connectivity index (χ4n) is 1.62. The highest BCUT2D eigenvalue weighted by Gasteiger charge is 1.98. The molecule has 0 radical (unpaired) electrons. The van der Waals surface area contributed by atoms with Gasteiger partial charge in [0.1, 0.15) is 5.75 Å². The molecule has 3 N–H and O–H groups in total. The third-order valence-corrected chi connectivity index (χ3v) is 2.43. The Bertz CT molecular complexity index is 489. The van der Waals surface area contributed by atoms with Crippen molar-refractivity contribution in [2.75, 3.05) is 11.1 Å². The monoisotopic (exact) mass is 242 g/mol. The Morgan fingerprint density at radius 2 is 1.39 bits per heavy atom. The first-order chi connectivity index (χ1) is 8.63. The van der Waals surface area contributed by atoms with E-state index in [1.54, 1.807) is 0 Å². The predicted molar refractivity (Wildman–Crippen MR) is 76.3 cm³/mol. The van der Waals surface area contributed by atoms with Crippen LogP contribution in [0.5, 0.6) is 5.75 Å². The lowest BCUT2D eigenvalue weighted by Crippen LogP contribution is -2.05. The molecule has 0 bridgehead atoms. The van der Waals surface area contributed by atoms with E-state index in [1.807, 2.05) is 62.4 Å². The van der Waals surface area contributed by atoms with E-state index in [0.717, 1.165) is 22.8 Å². The van der Waals surface area contributed by atoms with Gasteiger partial charge in [-0.1, -0.05) is 0 Å². The lowest BCUT2D eigenvalue weighted by molar-refractivity contribution is 0.242. The molecule has 2 aromatic rings. The van der Waals surface area contributed by atoms with Gasteiger partial charge in [-0.15, -0.1) is 0 Å². The molecule has 0 heterocycles. The number of anilines is 3. The lowest BCUT2D eigenvalue weighted by atomic mass is 10.2. The highest BCUT2D eigenvalue weighted by Crippen LogP contribution is 2.21. The molecule has 0 amide bonds. The van der Waals surface area contributed by atoms with E-state index in [4.69, 9.17) is 10.5 Å². The Kier molecular flexibility index (Phi) is 3.72. The van der Waals surface area contributed by atoms with Crippen LogP contribution >= 0.6 is 0 Å². The number of hydrogen-bond donors (Lipinski definition) is 2. The minimum Gasteiger partial charge on any atom is -0.491 e. The molecule has 0 aromatic heterocycles. The van der Waals surface area contributed by atoms with Crippen LogP contribution in [0.2, 0.25) is 0 Å². The van der Waals surface area contributed by atoms with Crippen LogP contribution in [0.15, 0.2) is 48.5 Å². The SMILES string of the molecule is CC(C)Oc1ccc(Nc2ccc(N)cc2)cc1. The molecule has 0 unspecified atom stereocenters. The highest BCUT2D eigenvalue weighted by molar-refractivity contribution is 5.62. The van der Waals surface area contributed by atoms with Crippen molar-refractivity contribution in [3.63, 3.8) is 0 Å². The maximum Gasteiger partial charge on any atom is 0.119 e. The van der Waals surface area contributed by atoms with Crippen LogP contribution in [0.3, 0.4) is 0 Å². The summed E-state index contributed by atoms with van der Waals surface area (Å²) in [5, 5.41) is 3.30. The molecule has 2 rings (SSSR count). The molecule has 18 heavy (non-hydrogen) atoms. The van der Waals surface area contributed by atoms with Gasteiger partial charge in [-0.3, -0.25) is 0 Å². The third-order valence-electron chi connectivity index (χ3n) is 2.43.